The Bertz CT molecular complexity index is 1620. The number of ether oxygens (including phenoxy) is 2. The van der Waals surface area contributed by atoms with Crippen molar-refractivity contribution in [2.75, 3.05) is 36.5 Å². The zero-order chi connectivity index (χ0) is 28.4. The summed E-state index contributed by atoms with van der Waals surface area (Å²) in [6.45, 7) is 11.9. The smallest absolute Gasteiger partial charge is 0.414 e. The topological polar surface area (TPSA) is 121 Å². The SMILES string of the molecule is Cc1ncc(Oc2nc(N3C[C@@H]4NCC[C@]4(C)C3)c3c(n2)[nH]c2c(N(C)C(=O)OC(C)(C)C)cc(F)cc23)cn1. The first-order valence-electron chi connectivity index (χ1n) is 13.3. The van der Waals surface area contributed by atoms with E-state index in [-0.39, 0.29) is 11.4 Å². The van der Waals surface area contributed by atoms with E-state index < -0.39 is 17.5 Å². The number of hydrogen-bond acceptors (Lipinski definition) is 9. The molecule has 11 nitrogen and oxygen atoms in total. The fraction of sp³-hybridized carbons (Fsp3) is 0.464. The summed E-state index contributed by atoms with van der Waals surface area (Å²) >= 11 is 0. The van der Waals surface area contributed by atoms with Crippen LogP contribution in [0.1, 0.15) is 39.9 Å². The van der Waals surface area contributed by atoms with Crippen LogP contribution in [-0.4, -0.2) is 69.3 Å². The molecule has 2 aliphatic rings. The van der Waals surface area contributed by atoms with Crippen LogP contribution in [0.2, 0.25) is 0 Å². The number of fused-ring (bicyclic) bond motifs is 4. The molecule has 1 aromatic carbocycles. The van der Waals surface area contributed by atoms with E-state index in [0.29, 0.717) is 51.1 Å². The summed E-state index contributed by atoms with van der Waals surface area (Å²) in [4.78, 5) is 37.6. The largest absolute Gasteiger partial charge is 0.443 e. The van der Waals surface area contributed by atoms with Gasteiger partial charge in [0.2, 0.25) is 0 Å². The highest BCUT2D eigenvalue weighted by molar-refractivity contribution is 6.16. The Morgan fingerprint density at radius 1 is 1.23 bits per heavy atom. The highest BCUT2D eigenvalue weighted by Gasteiger charge is 2.47. The number of rotatable bonds is 4. The van der Waals surface area contributed by atoms with Gasteiger partial charge in [0, 0.05) is 37.0 Å². The third-order valence-electron chi connectivity index (χ3n) is 7.64. The van der Waals surface area contributed by atoms with Gasteiger partial charge >= 0.3 is 12.1 Å². The highest BCUT2D eigenvalue weighted by atomic mass is 19.1. The Kier molecular flexibility index (Phi) is 6.06. The summed E-state index contributed by atoms with van der Waals surface area (Å²) in [5.74, 6) is 1.16. The number of H-pyrrole nitrogens is 1. The minimum Gasteiger partial charge on any atom is -0.443 e. The van der Waals surface area contributed by atoms with Gasteiger partial charge in [0.1, 0.15) is 28.7 Å². The number of anilines is 2. The Morgan fingerprint density at radius 3 is 2.67 bits per heavy atom. The second-order valence-corrected chi connectivity index (χ2v) is 11.9. The zero-order valence-electron chi connectivity index (χ0n) is 23.5. The average molecular weight is 549 g/mol. The van der Waals surface area contributed by atoms with Crippen LogP contribution in [-0.2, 0) is 4.74 Å². The van der Waals surface area contributed by atoms with Crippen molar-refractivity contribution in [1.82, 2.24) is 30.2 Å². The summed E-state index contributed by atoms with van der Waals surface area (Å²) < 4.78 is 26.7. The summed E-state index contributed by atoms with van der Waals surface area (Å²) in [6, 6.07) is 3.17. The van der Waals surface area contributed by atoms with Crippen LogP contribution in [0.25, 0.3) is 21.9 Å². The van der Waals surface area contributed by atoms with Crippen molar-refractivity contribution < 1.29 is 18.7 Å². The Hall–Kier alpha value is -4.06. The molecule has 12 heteroatoms. The molecule has 2 aliphatic heterocycles. The number of carbonyl (C=O) groups is 1. The summed E-state index contributed by atoms with van der Waals surface area (Å²) in [7, 11) is 1.56. The summed E-state index contributed by atoms with van der Waals surface area (Å²) in [6.07, 6.45) is 3.59. The number of nitrogens with zero attached hydrogens (tertiary/aromatic N) is 6. The van der Waals surface area contributed by atoms with Crippen molar-refractivity contribution in [1.29, 1.82) is 0 Å². The summed E-state index contributed by atoms with van der Waals surface area (Å²) in [5, 5.41) is 4.83. The third-order valence-corrected chi connectivity index (χ3v) is 7.64. The Balaban J connectivity index is 1.51. The second kappa shape index (κ2) is 9.26. The van der Waals surface area contributed by atoms with Gasteiger partial charge in [-0.15, -0.1) is 0 Å². The van der Waals surface area contributed by atoms with Gasteiger partial charge in [-0.1, -0.05) is 6.92 Å². The zero-order valence-corrected chi connectivity index (χ0v) is 23.5. The minimum atomic E-state index is -0.708. The molecule has 0 saturated carbocycles. The van der Waals surface area contributed by atoms with E-state index in [9.17, 15) is 4.79 Å². The number of amides is 1. The normalized spacial score (nSPS) is 20.8. The van der Waals surface area contributed by atoms with Crippen molar-refractivity contribution in [3.63, 3.8) is 0 Å². The number of nitrogens with one attached hydrogen (secondary N) is 2. The maximum atomic E-state index is 15.1. The molecule has 0 spiro atoms. The van der Waals surface area contributed by atoms with Gasteiger partial charge in [-0.25, -0.2) is 19.2 Å². The van der Waals surface area contributed by atoms with Gasteiger partial charge in [0.15, 0.2) is 5.75 Å². The van der Waals surface area contributed by atoms with E-state index in [1.54, 1.807) is 47.1 Å². The van der Waals surface area contributed by atoms with Crippen LogP contribution in [0, 0.1) is 18.2 Å². The van der Waals surface area contributed by atoms with Crippen molar-refractivity contribution in [3.05, 3.63) is 36.2 Å². The molecule has 2 fully saturated rings. The number of aromatic nitrogens is 5. The molecular formula is C28H33FN8O3. The molecule has 6 rings (SSSR count). The van der Waals surface area contributed by atoms with Crippen LogP contribution < -0.4 is 19.9 Å². The predicted octanol–water partition coefficient (Wildman–Crippen LogP) is 4.70. The lowest BCUT2D eigenvalue weighted by molar-refractivity contribution is 0.0589. The van der Waals surface area contributed by atoms with Crippen molar-refractivity contribution in [2.45, 2.75) is 52.7 Å². The van der Waals surface area contributed by atoms with Crippen molar-refractivity contribution >= 4 is 39.5 Å². The van der Waals surface area contributed by atoms with E-state index >= 15 is 4.39 Å². The maximum Gasteiger partial charge on any atom is 0.414 e. The van der Waals surface area contributed by atoms with E-state index in [2.05, 4.69) is 37.1 Å². The van der Waals surface area contributed by atoms with Crippen LogP contribution in [0.5, 0.6) is 11.8 Å². The van der Waals surface area contributed by atoms with E-state index in [1.165, 1.54) is 17.0 Å². The molecule has 2 N–H and O–H groups in total. The van der Waals surface area contributed by atoms with Crippen molar-refractivity contribution in [2.24, 2.45) is 5.41 Å². The molecule has 40 heavy (non-hydrogen) atoms. The summed E-state index contributed by atoms with van der Waals surface area (Å²) in [5.41, 5.74) is 0.709. The molecule has 0 bridgehead atoms. The van der Waals surface area contributed by atoms with Gasteiger partial charge in [0.05, 0.1) is 29.0 Å². The van der Waals surface area contributed by atoms with Crippen LogP contribution >= 0.6 is 0 Å². The average Bonchev–Trinajstić information content (AvgIpc) is 3.52. The van der Waals surface area contributed by atoms with E-state index in [4.69, 9.17) is 14.5 Å². The van der Waals surface area contributed by atoms with Crippen LogP contribution in [0.3, 0.4) is 0 Å². The number of aromatic amines is 1. The monoisotopic (exact) mass is 548 g/mol. The molecule has 0 unspecified atom stereocenters. The molecule has 5 heterocycles. The van der Waals surface area contributed by atoms with E-state index in [0.717, 1.165) is 26.1 Å². The first-order chi connectivity index (χ1) is 18.9. The first kappa shape index (κ1) is 26.2. The lowest BCUT2D eigenvalue weighted by atomic mass is 9.86. The van der Waals surface area contributed by atoms with Gasteiger partial charge < -0.3 is 24.7 Å². The fourth-order valence-electron chi connectivity index (χ4n) is 5.62. The fourth-order valence-corrected chi connectivity index (χ4v) is 5.62. The van der Waals surface area contributed by atoms with Crippen LogP contribution in [0.4, 0.5) is 20.7 Å². The molecule has 0 radical (unpaired) electrons. The number of benzene rings is 1. The molecule has 4 aromatic rings. The van der Waals surface area contributed by atoms with Gasteiger partial charge in [0.25, 0.3) is 0 Å². The minimum absolute atomic E-state index is 0.0859. The molecule has 0 aliphatic carbocycles. The third kappa shape index (κ3) is 4.66. The second-order valence-electron chi connectivity index (χ2n) is 11.9. The molecule has 210 valence electrons. The van der Waals surface area contributed by atoms with Gasteiger partial charge in [-0.2, -0.15) is 9.97 Å². The number of aryl methyl sites for hydroxylation is 1. The first-order valence-corrected chi connectivity index (χ1v) is 13.3. The molecule has 2 saturated heterocycles. The van der Waals surface area contributed by atoms with Gasteiger partial charge in [-0.3, -0.25) is 4.90 Å². The predicted molar refractivity (Wildman–Crippen MR) is 150 cm³/mol. The standard InChI is InChI=1S/C28H33FN8O3/c1-15-31-11-17(12-32-15)39-25-34-23-21(24(35-25)37-13-20-28(5,14-37)7-8-30-20)18-9-16(29)10-19(22(18)33-23)36(6)26(38)40-27(2,3)4/h9-12,20,30H,7-8,13-14H2,1-6H3,(H,33,34,35)/t20-,28+/m0/s1. The molecular weight excluding hydrogens is 515 g/mol. The number of halogens is 1. The Labute approximate surface area is 231 Å². The maximum absolute atomic E-state index is 15.1. The lowest BCUT2D eigenvalue weighted by Gasteiger charge is -2.25. The van der Waals surface area contributed by atoms with Gasteiger partial charge in [-0.05, 0) is 52.8 Å². The number of carbonyl (C=O) groups excluding carboxylic acids is 1. The molecule has 3 aromatic heterocycles. The highest BCUT2D eigenvalue weighted by Crippen LogP contribution is 2.43. The van der Waals surface area contributed by atoms with Crippen molar-refractivity contribution in [3.8, 4) is 11.8 Å². The quantitative estimate of drug-likeness (QED) is 0.374. The molecule has 1 amide bonds. The Morgan fingerprint density at radius 2 is 1.98 bits per heavy atom. The molecule has 2 atom stereocenters. The van der Waals surface area contributed by atoms with Crippen LogP contribution in [0.15, 0.2) is 24.5 Å². The number of hydrogen-bond donors (Lipinski definition) is 2. The lowest BCUT2D eigenvalue weighted by Crippen LogP contribution is -2.34. The van der Waals surface area contributed by atoms with E-state index in [1.807, 2.05) is 0 Å².